The third-order valence-corrected chi connectivity index (χ3v) is 6.03. The first-order valence-electron chi connectivity index (χ1n) is 11.4. The number of hydrogen-bond acceptors (Lipinski definition) is 3. The molecule has 1 atom stereocenters. The number of aryl methyl sites for hydroxylation is 1. The highest BCUT2D eigenvalue weighted by atomic mass is 16.6. The molecular weight excluding hydrogens is 370 g/mol. The summed E-state index contributed by atoms with van der Waals surface area (Å²) in [5, 5.41) is 0. The zero-order valence-electron chi connectivity index (χ0n) is 19.9. The summed E-state index contributed by atoms with van der Waals surface area (Å²) in [5.74, 6) is 7.20. The van der Waals surface area contributed by atoms with Crippen molar-refractivity contribution in [3.05, 3.63) is 57.7 Å². The van der Waals surface area contributed by atoms with E-state index in [1.54, 1.807) is 0 Å². The highest BCUT2D eigenvalue weighted by Gasteiger charge is 2.24. The summed E-state index contributed by atoms with van der Waals surface area (Å²) >= 11 is 0. The van der Waals surface area contributed by atoms with E-state index in [2.05, 4.69) is 59.8 Å². The normalized spacial score (nSPS) is 16.7. The summed E-state index contributed by atoms with van der Waals surface area (Å²) in [4.78, 5) is 5.02. The van der Waals surface area contributed by atoms with Gasteiger partial charge in [0.15, 0.2) is 5.75 Å². The van der Waals surface area contributed by atoms with E-state index in [9.17, 15) is 0 Å². The lowest BCUT2D eigenvalue weighted by Crippen LogP contribution is -2.24. The van der Waals surface area contributed by atoms with E-state index >= 15 is 0 Å². The number of fused-ring (bicyclic) bond motifs is 1. The van der Waals surface area contributed by atoms with Gasteiger partial charge in [0, 0.05) is 11.1 Å². The molecule has 2 N–H and O–H groups in total. The number of nitrogens with two attached hydrogens (primary N) is 1. The molecule has 166 valence electrons. The number of allylic oxidation sites excluding steroid dienone is 6. The molecule has 0 spiro atoms. The standard InChI is InChI=1S/C27H41NO2/c1-19(2)10-7-11-20(3)12-8-13-21(4)14-9-15-24-16-17-25-23(6)26(30-28)18-22(5)27(25)29-24/h10,12,14,18,24H,7-9,11,13,15-17,28H2,1-6H3/b20-12+,21-14+. The Kier molecular flexibility index (Phi) is 9.71. The van der Waals surface area contributed by atoms with Gasteiger partial charge in [-0.05, 0) is 105 Å². The second-order valence-corrected chi connectivity index (χ2v) is 9.06. The molecular formula is C27H41NO2. The van der Waals surface area contributed by atoms with Crippen LogP contribution in [0.4, 0.5) is 0 Å². The van der Waals surface area contributed by atoms with Gasteiger partial charge < -0.3 is 9.57 Å². The zero-order valence-corrected chi connectivity index (χ0v) is 19.9. The lowest BCUT2D eigenvalue weighted by molar-refractivity contribution is 0.163. The first kappa shape index (κ1) is 24.3. The lowest BCUT2D eigenvalue weighted by Gasteiger charge is -2.29. The van der Waals surface area contributed by atoms with Crippen LogP contribution in [0.25, 0.3) is 0 Å². The lowest BCUT2D eigenvalue weighted by atomic mass is 9.93. The monoisotopic (exact) mass is 411 g/mol. The minimum atomic E-state index is 0.293. The molecule has 3 nitrogen and oxygen atoms in total. The van der Waals surface area contributed by atoms with Gasteiger partial charge in [-0.3, -0.25) is 0 Å². The molecule has 0 radical (unpaired) electrons. The van der Waals surface area contributed by atoms with Crippen LogP contribution in [0, 0.1) is 13.8 Å². The van der Waals surface area contributed by atoms with E-state index in [0.29, 0.717) is 6.10 Å². The zero-order chi connectivity index (χ0) is 22.1. The van der Waals surface area contributed by atoms with Gasteiger partial charge in [-0.2, -0.15) is 5.90 Å². The summed E-state index contributed by atoms with van der Waals surface area (Å²) in [6.45, 7) is 13.0. The van der Waals surface area contributed by atoms with Crippen molar-refractivity contribution in [2.45, 2.75) is 99.0 Å². The quantitative estimate of drug-likeness (QED) is 0.321. The average molecular weight is 412 g/mol. The van der Waals surface area contributed by atoms with E-state index in [4.69, 9.17) is 15.5 Å². The average Bonchev–Trinajstić information content (AvgIpc) is 2.70. The van der Waals surface area contributed by atoms with Crippen LogP contribution in [-0.2, 0) is 6.42 Å². The summed E-state index contributed by atoms with van der Waals surface area (Å²) < 4.78 is 6.35. The van der Waals surface area contributed by atoms with Crippen molar-refractivity contribution in [1.29, 1.82) is 0 Å². The van der Waals surface area contributed by atoms with Gasteiger partial charge in [-0.1, -0.05) is 34.9 Å². The number of benzene rings is 1. The Morgan fingerprint density at radius 1 is 1.03 bits per heavy atom. The predicted molar refractivity (Wildman–Crippen MR) is 128 cm³/mol. The Morgan fingerprint density at radius 3 is 2.30 bits per heavy atom. The van der Waals surface area contributed by atoms with Crippen molar-refractivity contribution >= 4 is 0 Å². The second-order valence-electron chi connectivity index (χ2n) is 9.06. The molecule has 1 aliphatic rings. The van der Waals surface area contributed by atoms with Crippen LogP contribution >= 0.6 is 0 Å². The molecule has 0 aromatic heterocycles. The van der Waals surface area contributed by atoms with Crippen molar-refractivity contribution in [2.75, 3.05) is 0 Å². The fraction of sp³-hybridized carbons (Fsp3) is 0.556. The summed E-state index contributed by atoms with van der Waals surface area (Å²) in [6.07, 6.45) is 16.3. The van der Waals surface area contributed by atoms with Crippen molar-refractivity contribution < 1.29 is 9.57 Å². The SMILES string of the molecule is CC(C)=CCC/C(C)=C/CC/C(C)=C/CCC1CCc2c(C)c(ON)cc(C)c2O1. The van der Waals surface area contributed by atoms with Crippen LogP contribution in [0.2, 0.25) is 0 Å². The number of rotatable bonds is 10. The second kappa shape index (κ2) is 12.0. The smallest absolute Gasteiger partial charge is 0.150 e. The Hall–Kier alpha value is -2.00. The van der Waals surface area contributed by atoms with Crippen LogP contribution in [0.15, 0.2) is 41.0 Å². The van der Waals surface area contributed by atoms with Crippen molar-refractivity contribution in [3.63, 3.8) is 0 Å². The maximum Gasteiger partial charge on any atom is 0.150 e. The maximum absolute atomic E-state index is 6.35. The van der Waals surface area contributed by atoms with Gasteiger partial charge in [0.2, 0.25) is 0 Å². The molecule has 1 aromatic carbocycles. The van der Waals surface area contributed by atoms with E-state index in [1.807, 2.05) is 6.07 Å². The van der Waals surface area contributed by atoms with E-state index in [-0.39, 0.29) is 0 Å². The summed E-state index contributed by atoms with van der Waals surface area (Å²) in [5.41, 5.74) is 7.87. The minimum absolute atomic E-state index is 0.293. The van der Waals surface area contributed by atoms with Crippen LogP contribution < -0.4 is 15.5 Å². The first-order chi connectivity index (χ1) is 14.3. The van der Waals surface area contributed by atoms with Crippen molar-refractivity contribution in [3.8, 4) is 11.5 Å². The largest absolute Gasteiger partial charge is 0.490 e. The maximum atomic E-state index is 6.35. The molecule has 1 unspecified atom stereocenters. The van der Waals surface area contributed by atoms with Gasteiger partial charge in [-0.25, -0.2) is 0 Å². The molecule has 1 aliphatic heterocycles. The van der Waals surface area contributed by atoms with Crippen LogP contribution in [-0.4, -0.2) is 6.10 Å². The number of hydrogen-bond donors (Lipinski definition) is 1. The highest BCUT2D eigenvalue weighted by molar-refractivity contribution is 5.53. The van der Waals surface area contributed by atoms with Crippen LogP contribution in [0.5, 0.6) is 11.5 Å². The van der Waals surface area contributed by atoms with E-state index < -0.39 is 0 Å². The minimum Gasteiger partial charge on any atom is -0.490 e. The first-order valence-corrected chi connectivity index (χ1v) is 11.4. The molecule has 1 heterocycles. The van der Waals surface area contributed by atoms with Gasteiger partial charge >= 0.3 is 0 Å². The Balaban J connectivity index is 1.78. The van der Waals surface area contributed by atoms with Crippen molar-refractivity contribution in [1.82, 2.24) is 0 Å². The van der Waals surface area contributed by atoms with Gasteiger partial charge in [0.25, 0.3) is 0 Å². The van der Waals surface area contributed by atoms with Gasteiger partial charge in [0.1, 0.15) is 5.75 Å². The van der Waals surface area contributed by atoms with Crippen molar-refractivity contribution in [2.24, 2.45) is 5.90 Å². The van der Waals surface area contributed by atoms with E-state index in [0.717, 1.165) is 67.6 Å². The Bertz CT molecular complexity index is 798. The Labute approximate surface area is 184 Å². The molecule has 0 amide bonds. The third-order valence-electron chi connectivity index (χ3n) is 6.03. The molecule has 1 aromatic rings. The van der Waals surface area contributed by atoms with Crippen LogP contribution in [0.1, 0.15) is 89.3 Å². The topological polar surface area (TPSA) is 44.5 Å². The number of ether oxygens (including phenoxy) is 1. The van der Waals surface area contributed by atoms with Gasteiger partial charge in [0.05, 0.1) is 6.10 Å². The highest BCUT2D eigenvalue weighted by Crippen LogP contribution is 2.38. The summed E-state index contributed by atoms with van der Waals surface area (Å²) in [7, 11) is 0. The predicted octanol–water partition coefficient (Wildman–Crippen LogP) is 7.45. The fourth-order valence-electron chi connectivity index (χ4n) is 4.10. The fourth-order valence-corrected chi connectivity index (χ4v) is 4.10. The Morgan fingerprint density at radius 2 is 1.67 bits per heavy atom. The molecule has 0 fully saturated rings. The van der Waals surface area contributed by atoms with Gasteiger partial charge in [-0.15, -0.1) is 0 Å². The summed E-state index contributed by atoms with van der Waals surface area (Å²) in [6, 6.07) is 1.98. The third kappa shape index (κ3) is 7.36. The molecule has 30 heavy (non-hydrogen) atoms. The molecule has 0 aliphatic carbocycles. The van der Waals surface area contributed by atoms with Crippen LogP contribution in [0.3, 0.4) is 0 Å². The van der Waals surface area contributed by atoms with E-state index in [1.165, 1.54) is 28.7 Å². The molecule has 2 rings (SSSR count). The molecule has 0 bridgehead atoms. The molecule has 0 saturated carbocycles. The molecule has 0 saturated heterocycles. The molecule has 3 heteroatoms.